The Morgan fingerprint density at radius 2 is 1.65 bits per heavy atom. The lowest BCUT2D eigenvalue weighted by Crippen LogP contribution is -2.23. The normalized spacial score (nSPS) is 21.1. The van der Waals surface area contributed by atoms with Gasteiger partial charge in [-0.1, -0.05) is 36.8 Å². The first kappa shape index (κ1) is 24.2. The average Bonchev–Trinajstić information content (AvgIpc) is 2.80. The summed E-state index contributed by atoms with van der Waals surface area (Å²) in [6, 6.07) is 2.36. The molecular weight excluding hydrogens is 454 g/mol. The molecule has 0 spiro atoms. The molecular formula is C27H24F6O. The lowest BCUT2D eigenvalue weighted by atomic mass is 9.81. The first-order valence-electron chi connectivity index (χ1n) is 11.3. The Morgan fingerprint density at radius 1 is 0.941 bits per heavy atom. The second-order valence-corrected chi connectivity index (χ2v) is 8.61. The van der Waals surface area contributed by atoms with Gasteiger partial charge in [0, 0.05) is 5.22 Å². The van der Waals surface area contributed by atoms with Gasteiger partial charge in [-0.2, -0.15) is 0 Å². The highest BCUT2D eigenvalue weighted by molar-refractivity contribution is 5.65. The van der Waals surface area contributed by atoms with Crippen molar-refractivity contribution < 1.29 is 31.1 Å². The van der Waals surface area contributed by atoms with E-state index in [0.717, 1.165) is 37.3 Å². The summed E-state index contributed by atoms with van der Waals surface area (Å²) >= 11 is 0. The molecule has 1 aromatic carbocycles. The van der Waals surface area contributed by atoms with Gasteiger partial charge in [0.25, 0.3) is 0 Å². The maximum atomic E-state index is 14.9. The molecule has 3 aliphatic rings. The standard InChI is InChI=1S/C27H24F6O/c1-2-16-3-5-17(6-4-16)18-7-9-19(10-8-18)21-14-23(29)26(24(30)15-21)20-11-12-25(22(28)13-20)34-27(31,32)33/h3,7-9,12-15,17H,2,4-6,10-11H2,1H3. The Hall–Kier alpha value is -2.96. The van der Waals surface area contributed by atoms with Crippen LogP contribution in [0.1, 0.15) is 45.4 Å². The van der Waals surface area contributed by atoms with Crippen LogP contribution in [-0.2, 0) is 4.74 Å². The molecule has 0 aromatic heterocycles. The van der Waals surface area contributed by atoms with Gasteiger partial charge >= 0.3 is 6.36 Å². The number of benzene rings is 1. The Bertz CT molecular complexity index is 1230. The van der Waals surface area contributed by atoms with Crippen molar-refractivity contribution >= 4 is 11.1 Å². The summed E-state index contributed by atoms with van der Waals surface area (Å²) in [5.74, 6) is -3.70. The molecule has 1 unspecified atom stereocenters. The summed E-state index contributed by atoms with van der Waals surface area (Å²) in [5.41, 5.74) is 3.37. The maximum Gasteiger partial charge on any atom is 0.573 e. The summed E-state index contributed by atoms with van der Waals surface area (Å²) in [7, 11) is 0. The molecule has 0 saturated carbocycles. The third-order valence-electron chi connectivity index (χ3n) is 6.47. The van der Waals surface area contributed by atoms with Gasteiger partial charge in [-0.05, 0) is 90.7 Å². The molecule has 0 saturated heterocycles. The SMILES string of the molecule is CCC1=CCC(C2=CCC(=c3cc(F)c(=C4C=C(F)C(OC(F)(F)F)=CC4)c(F)c3)C=C2)CC1. The molecule has 0 fully saturated rings. The molecule has 0 aliphatic heterocycles. The van der Waals surface area contributed by atoms with Gasteiger partial charge in [-0.3, -0.25) is 0 Å². The zero-order valence-electron chi connectivity index (χ0n) is 18.6. The minimum absolute atomic E-state index is 0.100. The molecule has 3 aliphatic carbocycles. The van der Waals surface area contributed by atoms with Crippen molar-refractivity contribution in [2.24, 2.45) is 5.92 Å². The van der Waals surface area contributed by atoms with Crippen LogP contribution >= 0.6 is 0 Å². The van der Waals surface area contributed by atoms with Crippen molar-refractivity contribution in [3.05, 3.63) is 93.4 Å². The summed E-state index contributed by atoms with van der Waals surface area (Å²) in [6.07, 6.45) is 9.20. The molecule has 4 rings (SSSR count). The van der Waals surface area contributed by atoms with Gasteiger partial charge < -0.3 is 4.74 Å². The van der Waals surface area contributed by atoms with E-state index in [9.17, 15) is 26.3 Å². The highest BCUT2D eigenvalue weighted by Gasteiger charge is 2.34. The number of hydrogen-bond acceptors (Lipinski definition) is 1. The van der Waals surface area contributed by atoms with Crippen LogP contribution in [0.25, 0.3) is 11.1 Å². The molecule has 0 N–H and O–H groups in total. The van der Waals surface area contributed by atoms with Crippen LogP contribution in [0.2, 0.25) is 0 Å². The second kappa shape index (κ2) is 9.72. The van der Waals surface area contributed by atoms with Gasteiger partial charge in [-0.15, -0.1) is 13.2 Å². The molecule has 7 heteroatoms. The quantitative estimate of drug-likeness (QED) is 0.337. The van der Waals surface area contributed by atoms with Gasteiger partial charge in [0.15, 0.2) is 11.6 Å². The highest BCUT2D eigenvalue weighted by Crippen LogP contribution is 2.34. The Balaban J connectivity index is 1.59. The maximum absolute atomic E-state index is 14.9. The van der Waals surface area contributed by atoms with E-state index in [1.807, 2.05) is 12.2 Å². The van der Waals surface area contributed by atoms with Crippen LogP contribution in [0.4, 0.5) is 26.3 Å². The van der Waals surface area contributed by atoms with E-state index >= 15 is 0 Å². The van der Waals surface area contributed by atoms with E-state index in [-0.39, 0.29) is 12.0 Å². The minimum Gasteiger partial charge on any atom is -0.403 e. The summed E-state index contributed by atoms with van der Waals surface area (Å²) in [5, 5.41) is -0.0850. The number of alkyl halides is 3. The smallest absolute Gasteiger partial charge is 0.403 e. The summed E-state index contributed by atoms with van der Waals surface area (Å²) in [6.45, 7) is 2.16. The molecule has 0 amide bonds. The van der Waals surface area contributed by atoms with Crippen molar-refractivity contribution in [1.29, 1.82) is 0 Å². The number of ether oxygens (including phenoxy) is 1. The van der Waals surface area contributed by atoms with E-state index in [1.54, 1.807) is 0 Å². The Kier molecular flexibility index (Phi) is 6.91. The molecule has 0 radical (unpaired) electrons. The number of allylic oxidation sites excluding steroid dienone is 9. The van der Waals surface area contributed by atoms with E-state index in [0.29, 0.717) is 23.6 Å². The second-order valence-electron chi connectivity index (χ2n) is 8.61. The fourth-order valence-corrected chi connectivity index (χ4v) is 4.63. The van der Waals surface area contributed by atoms with E-state index in [4.69, 9.17) is 0 Å². The predicted molar refractivity (Wildman–Crippen MR) is 119 cm³/mol. The third kappa shape index (κ3) is 5.40. The monoisotopic (exact) mass is 478 g/mol. The van der Waals surface area contributed by atoms with E-state index < -0.39 is 34.8 Å². The topological polar surface area (TPSA) is 9.23 Å². The van der Waals surface area contributed by atoms with Crippen molar-refractivity contribution in [2.45, 2.75) is 51.8 Å². The van der Waals surface area contributed by atoms with Gasteiger partial charge in [0.05, 0.1) is 0 Å². The fraction of sp³-hybridized carbons (Fsp3) is 0.333. The predicted octanol–water partition coefficient (Wildman–Crippen LogP) is 6.97. The average molecular weight is 478 g/mol. The fourth-order valence-electron chi connectivity index (χ4n) is 4.63. The zero-order valence-corrected chi connectivity index (χ0v) is 18.6. The van der Waals surface area contributed by atoms with Crippen molar-refractivity contribution in [3.63, 3.8) is 0 Å². The van der Waals surface area contributed by atoms with Crippen LogP contribution < -0.4 is 10.4 Å². The van der Waals surface area contributed by atoms with Crippen LogP contribution in [0, 0.1) is 17.6 Å². The summed E-state index contributed by atoms with van der Waals surface area (Å²) in [4.78, 5) is 0. The van der Waals surface area contributed by atoms with Gasteiger partial charge in [-0.25, -0.2) is 13.2 Å². The highest BCUT2D eigenvalue weighted by atomic mass is 19.4. The van der Waals surface area contributed by atoms with Gasteiger partial charge in [0.1, 0.15) is 11.6 Å². The lowest BCUT2D eigenvalue weighted by molar-refractivity contribution is -0.304. The number of hydrogen-bond donors (Lipinski definition) is 0. The summed E-state index contributed by atoms with van der Waals surface area (Å²) < 4.78 is 84.4. The largest absolute Gasteiger partial charge is 0.573 e. The molecule has 1 atom stereocenters. The zero-order chi connectivity index (χ0) is 24.5. The van der Waals surface area contributed by atoms with Crippen LogP contribution in [0.5, 0.6) is 0 Å². The molecule has 0 bridgehead atoms. The minimum atomic E-state index is -5.06. The Labute approximate surface area is 193 Å². The van der Waals surface area contributed by atoms with E-state index in [2.05, 4.69) is 23.8 Å². The molecule has 34 heavy (non-hydrogen) atoms. The van der Waals surface area contributed by atoms with Crippen molar-refractivity contribution in [2.75, 3.05) is 0 Å². The van der Waals surface area contributed by atoms with Gasteiger partial charge in [0.2, 0.25) is 0 Å². The molecule has 0 heterocycles. The van der Waals surface area contributed by atoms with E-state index in [1.165, 1.54) is 23.3 Å². The van der Waals surface area contributed by atoms with Crippen LogP contribution in [0.15, 0.2) is 71.3 Å². The molecule has 1 nitrogen and oxygen atoms in total. The Morgan fingerprint density at radius 3 is 2.18 bits per heavy atom. The van der Waals surface area contributed by atoms with Crippen LogP contribution in [0.3, 0.4) is 0 Å². The molecule has 180 valence electrons. The number of rotatable bonds is 3. The number of halogens is 6. The third-order valence-corrected chi connectivity index (χ3v) is 6.47. The molecule has 1 aromatic rings. The van der Waals surface area contributed by atoms with Crippen molar-refractivity contribution in [3.8, 4) is 0 Å². The first-order chi connectivity index (χ1) is 16.1. The van der Waals surface area contributed by atoms with Crippen molar-refractivity contribution in [1.82, 2.24) is 0 Å². The first-order valence-corrected chi connectivity index (χ1v) is 11.3. The van der Waals surface area contributed by atoms with Crippen LogP contribution in [-0.4, -0.2) is 6.36 Å². The lowest BCUT2D eigenvalue weighted by Gasteiger charge is -2.24.